The average molecular weight is 260 g/mol. The van der Waals surface area contributed by atoms with Gasteiger partial charge in [-0.1, -0.05) is 6.07 Å². The number of hydrogen-bond acceptors (Lipinski definition) is 2. The lowest BCUT2D eigenvalue weighted by molar-refractivity contribution is -0.135. The molecule has 1 rings (SSSR count). The summed E-state index contributed by atoms with van der Waals surface area (Å²) < 4.78 is 36.3. The van der Waals surface area contributed by atoms with Gasteiger partial charge in [0.15, 0.2) is 0 Å². The molecule has 0 aliphatic heterocycles. The van der Waals surface area contributed by atoms with Crippen LogP contribution in [0.1, 0.15) is 42.1 Å². The number of aromatic nitrogens is 1. The Morgan fingerprint density at radius 3 is 2.50 bits per heavy atom. The quantitative estimate of drug-likeness (QED) is 0.873. The molecule has 0 fully saturated rings. The first-order chi connectivity index (χ1) is 8.33. The molecule has 1 atom stereocenters. The Morgan fingerprint density at radius 1 is 1.33 bits per heavy atom. The third kappa shape index (κ3) is 4.64. The molecule has 1 heterocycles. The van der Waals surface area contributed by atoms with Crippen molar-refractivity contribution in [2.45, 2.75) is 45.3 Å². The number of aryl methyl sites for hydroxylation is 2. The van der Waals surface area contributed by atoms with Gasteiger partial charge in [-0.25, -0.2) is 0 Å². The normalized spacial score (nSPS) is 13.7. The summed E-state index contributed by atoms with van der Waals surface area (Å²) in [7, 11) is 1.75. The molecule has 1 aromatic rings. The molecule has 1 aromatic heterocycles. The van der Waals surface area contributed by atoms with Crippen molar-refractivity contribution in [3.05, 3.63) is 29.1 Å². The van der Waals surface area contributed by atoms with Gasteiger partial charge in [0.2, 0.25) is 0 Å². The van der Waals surface area contributed by atoms with E-state index in [1.165, 1.54) is 0 Å². The number of rotatable bonds is 5. The Balaban J connectivity index is 2.66. The average Bonchev–Trinajstić information content (AvgIpc) is 2.24. The highest BCUT2D eigenvalue weighted by Gasteiger charge is 2.27. The maximum absolute atomic E-state index is 12.1. The van der Waals surface area contributed by atoms with Gasteiger partial charge in [-0.05, 0) is 44.9 Å². The number of halogens is 3. The minimum atomic E-state index is -4.08. The lowest BCUT2D eigenvalue weighted by Gasteiger charge is -2.18. The van der Waals surface area contributed by atoms with E-state index in [2.05, 4.69) is 10.3 Å². The second-order valence-electron chi connectivity index (χ2n) is 4.56. The highest BCUT2D eigenvalue weighted by atomic mass is 19.4. The summed E-state index contributed by atoms with van der Waals surface area (Å²) in [5, 5.41) is 3.04. The third-order valence-corrected chi connectivity index (χ3v) is 2.89. The Kier molecular flexibility index (Phi) is 5.14. The number of alkyl halides is 3. The summed E-state index contributed by atoms with van der Waals surface area (Å²) in [6, 6.07) is 1.88. The van der Waals surface area contributed by atoms with Crippen molar-refractivity contribution in [1.82, 2.24) is 10.3 Å². The lowest BCUT2D eigenvalue weighted by atomic mass is 10.0. The van der Waals surface area contributed by atoms with Crippen LogP contribution in [-0.4, -0.2) is 18.2 Å². The first-order valence-corrected chi connectivity index (χ1v) is 6.00. The Labute approximate surface area is 106 Å². The molecule has 0 bridgehead atoms. The van der Waals surface area contributed by atoms with Crippen LogP contribution in [0.4, 0.5) is 13.2 Å². The van der Waals surface area contributed by atoms with Crippen LogP contribution in [0, 0.1) is 13.8 Å². The number of nitrogens with zero attached hydrogens (tertiary/aromatic N) is 1. The predicted molar refractivity (Wildman–Crippen MR) is 65.4 cm³/mol. The third-order valence-electron chi connectivity index (χ3n) is 2.89. The minimum absolute atomic E-state index is 0.115. The van der Waals surface area contributed by atoms with E-state index < -0.39 is 12.6 Å². The van der Waals surface area contributed by atoms with E-state index in [1.54, 1.807) is 13.2 Å². The van der Waals surface area contributed by atoms with E-state index >= 15 is 0 Å². The van der Waals surface area contributed by atoms with Crippen LogP contribution in [-0.2, 0) is 0 Å². The summed E-state index contributed by atoms with van der Waals surface area (Å²) >= 11 is 0. The van der Waals surface area contributed by atoms with E-state index in [0.717, 1.165) is 16.8 Å². The van der Waals surface area contributed by atoms with Gasteiger partial charge in [-0.2, -0.15) is 13.2 Å². The van der Waals surface area contributed by atoms with Gasteiger partial charge >= 0.3 is 6.18 Å². The maximum atomic E-state index is 12.1. The van der Waals surface area contributed by atoms with Gasteiger partial charge in [-0.3, -0.25) is 4.98 Å². The Bertz CT molecular complexity index is 388. The van der Waals surface area contributed by atoms with Crippen LogP contribution < -0.4 is 5.32 Å². The highest BCUT2D eigenvalue weighted by molar-refractivity contribution is 5.25. The molecule has 0 spiro atoms. The number of nitrogens with one attached hydrogen (secondary N) is 1. The van der Waals surface area contributed by atoms with Crippen molar-refractivity contribution >= 4 is 0 Å². The summed E-state index contributed by atoms with van der Waals surface area (Å²) in [5.41, 5.74) is 2.91. The monoisotopic (exact) mass is 260 g/mol. The predicted octanol–water partition coefficient (Wildman–Crippen LogP) is 3.69. The molecule has 1 N–H and O–H groups in total. The van der Waals surface area contributed by atoms with Crippen LogP contribution >= 0.6 is 0 Å². The van der Waals surface area contributed by atoms with Crippen molar-refractivity contribution in [3.63, 3.8) is 0 Å². The smallest absolute Gasteiger partial charge is 0.312 e. The molecule has 1 unspecified atom stereocenters. The van der Waals surface area contributed by atoms with Gasteiger partial charge in [0.25, 0.3) is 0 Å². The molecule has 5 heteroatoms. The molecule has 2 nitrogen and oxygen atoms in total. The second kappa shape index (κ2) is 6.18. The summed E-state index contributed by atoms with van der Waals surface area (Å²) in [6.07, 6.45) is -2.52. The molecule has 18 heavy (non-hydrogen) atoms. The van der Waals surface area contributed by atoms with Gasteiger partial charge < -0.3 is 5.32 Å². The van der Waals surface area contributed by atoms with Crippen molar-refractivity contribution in [2.75, 3.05) is 7.05 Å². The number of hydrogen-bond donors (Lipinski definition) is 1. The summed E-state index contributed by atoms with van der Waals surface area (Å²) in [6.45, 7) is 3.88. The molecule has 0 saturated carbocycles. The Hall–Kier alpha value is -1.10. The molecule has 0 aliphatic carbocycles. The van der Waals surface area contributed by atoms with E-state index in [9.17, 15) is 13.2 Å². The van der Waals surface area contributed by atoms with Gasteiger partial charge in [0.05, 0.1) is 5.69 Å². The first-order valence-electron chi connectivity index (χ1n) is 6.00. The zero-order valence-corrected chi connectivity index (χ0v) is 10.9. The number of pyridine rings is 1. The van der Waals surface area contributed by atoms with Crippen LogP contribution in [0.25, 0.3) is 0 Å². The summed E-state index contributed by atoms with van der Waals surface area (Å²) in [5.74, 6) is 0. The minimum Gasteiger partial charge on any atom is -0.312 e. The highest BCUT2D eigenvalue weighted by Crippen LogP contribution is 2.26. The van der Waals surface area contributed by atoms with Gasteiger partial charge in [0.1, 0.15) is 0 Å². The second-order valence-corrected chi connectivity index (χ2v) is 4.56. The van der Waals surface area contributed by atoms with E-state index in [4.69, 9.17) is 0 Å². The molecule has 0 amide bonds. The van der Waals surface area contributed by atoms with Crippen LogP contribution in [0.15, 0.2) is 12.3 Å². The fraction of sp³-hybridized carbons (Fsp3) is 0.615. The largest absolute Gasteiger partial charge is 0.389 e. The molecule has 0 saturated heterocycles. The molecule has 0 aromatic carbocycles. The maximum Gasteiger partial charge on any atom is 0.389 e. The summed E-state index contributed by atoms with van der Waals surface area (Å²) in [4.78, 5) is 4.32. The van der Waals surface area contributed by atoms with E-state index in [-0.39, 0.29) is 12.5 Å². The first kappa shape index (κ1) is 15.0. The van der Waals surface area contributed by atoms with Crippen molar-refractivity contribution in [2.24, 2.45) is 0 Å². The van der Waals surface area contributed by atoms with Gasteiger partial charge in [-0.15, -0.1) is 0 Å². The van der Waals surface area contributed by atoms with Crippen LogP contribution in [0.5, 0.6) is 0 Å². The van der Waals surface area contributed by atoms with E-state index in [0.29, 0.717) is 6.42 Å². The Morgan fingerprint density at radius 2 is 2.00 bits per heavy atom. The van der Waals surface area contributed by atoms with Crippen LogP contribution in [0.2, 0.25) is 0 Å². The fourth-order valence-corrected chi connectivity index (χ4v) is 2.02. The van der Waals surface area contributed by atoms with Crippen molar-refractivity contribution < 1.29 is 13.2 Å². The molecule has 0 radical (unpaired) electrons. The van der Waals surface area contributed by atoms with E-state index in [1.807, 2.05) is 19.9 Å². The topological polar surface area (TPSA) is 24.9 Å². The SMILES string of the molecule is CNC(CCCC(F)(F)F)c1ncc(C)cc1C. The fourth-order valence-electron chi connectivity index (χ4n) is 2.02. The standard InChI is InChI=1S/C13H19F3N2/c1-9-7-10(2)12(18-8-9)11(17-3)5-4-6-13(14,15)16/h7-8,11,17H,4-6H2,1-3H3. The van der Waals surface area contributed by atoms with Gasteiger partial charge in [0, 0.05) is 18.7 Å². The molecular formula is C13H19F3N2. The molecule has 0 aliphatic rings. The zero-order chi connectivity index (χ0) is 13.8. The van der Waals surface area contributed by atoms with Crippen LogP contribution in [0.3, 0.4) is 0 Å². The van der Waals surface area contributed by atoms with Crippen molar-refractivity contribution in [3.8, 4) is 0 Å². The zero-order valence-electron chi connectivity index (χ0n) is 10.9. The van der Waals surface area contributed by atoms with Crippen molar-refractivity contribution in [1.29, 1.82) is 0 Å². The molecular weight excluding hydrogens is 241 g/mol. The lowest BCUT2D eigenvalue weighted by Crippen LogP contribution is -2.20. The molecule has 102 valence electrons.